The Balaban J connectivity index is 1.34. The molecule has 5 heterocycles. The van der Waals surface area contributed by atoms with E-state index in [9.17, 15) is 39.3 Å². The third-order valence-corrected chi connectivity index (χ3v) is 16.6. The number of rotatable bonds is 6. The summed E-state index contributed by atoms with van der Waals surface area (Å²) in [4.78, 5) is 79.5. The van der Waals surface area contributed by atoms with Crippen LogP contribution in [0.15, 0.2) is 65.8 Å². The minimum atomic E-state index is -2.47. The molecule has 2 saturated heterocycles. The van der Waals surface area contributed by atoms with Crippen molar-refractivity contribution in [3.05, 3.63) is 65.8 Å². The van der Waals surface area contributed by atoms with E-state index in [2.05, 4.69) is 13.0 Å². The second-order valence-electron chi connectivity index (χ2n) is 22.1. The zero-order valence-corrected chi connectivity index (χ0v) is 44.4. The quantitative estimate of drug-likeness (QED) is 0.144. The number of allylic oxidation sites excluding steroid dienone is 1. The number of ether oxygens (including phenoxy) is 4. The van der Waals surface area contributed by atoms with Crippen molar-refractivity contribution in [2.45, 2.75) is 193 Å². The molecule has 72 heavy (non-hydrogen) atoms. The number of aliphatic hydroxyl groups is 3. The number of nitrogens with zero attached hydrogens (tertiary/aromatic N) is 2. The number of Topliss-reactive ketones (excluding diaryl/α,β-unsaturated/α-hetero) is 3. The molecule has 1 amide bonds. The number of hydrogen-bond acceptors (Lipinski definition) is 14. The van der Waals surface area contributed by atoms with Crippen LogP contribution in [0.3, 0.4) is 0 Å². The van der Waals surface area contributed by atoms with Crippen molar-refractivity contribution in [1.29, 1.82) is 0 Å². The van der Waals surface area contributed by atoms with Crippen molar-refractivity contribution in [3.63, 3.8) is 0 Å². The van der Waals surface area contributed by atoms with Gasteiger partial charge in [0.25, 0.3) is 11.7 Å². The molecule has 15 nitrogen and oxygen atoms in total. The largest absolute Gasteiger partial charge is 0.460 e. The molecule has 1 saturated carbocycles. The minimum Gasteiger partial charge on any atom is -0.460 e. The van der Waals surface area contributed by atoms with Gasteiger partial charge in [-0.05, 0) is 125 Å². The summed E-state index contributed by atoms with van der Waals surface area (Å²) >= 11 is 0. The fourth-order valence-corrected chi connectivity index (χ4v) is 11.8. The number of hydrogen-bond donors (Lipinski definition) is 3. The predicted molar refractivity (Wildman–Crippen MR) is 272 cm³/mol. The number of ketones is 3. The Morgan fingerprint density at radius 2 is 1.56 bits per heavy atom. The second-order valence-corrected chi connectivity index (χ2v) is 22.1. The molecule has 1 aromatic carbocycles. The van der Waals surface area contributed by atoms with Crippen LogP contribution in [-0.4, -0.2) is 131 Å². The summed E-state index contributed by atoms with van der Waals surface area (Å²) in [5.41, 5.74) is 2.14. The lowest BCUT2D eigenvalue weighted by atomic mass is 9.78. The van der Waals surface area contributed by atoms with Gasteiger partial charge in [-0.2, -0.15) is 0 Å². The van der Waals surface area contributed by atoms with Crippen LogP contribution in [0, 0.1) is 41.4 Å². The summed E-state index contributed by atoms with van der Waals surface area (Å²) in [6, 6.07) is 8.36. The molecule has 400 valence electrons. The molecule has 0 aromatic heterocycles. The summed E-state index contributed by atoms with van der Waals surface area (Å²) in [6.07, 6.45) is 8.31. The molecule has 17 unspecified atom stereocenters. The van der Waals surface area contributed by atoms with Gasteiger partial charge in [0, 0.05) is 57.3 Å². The van der Waals surface area contributed by atoms with Crippen molar-refractivity contribution in [3.8, 4) is 0 Å². The molecular weight excluding hydrogens is 921 g/mol. The van der Waals surface area contributed by atoms with E-state index < -0.39 is 89.8 Å². The van der Waals surface area contributed by atoms with E-state index in [1.165, 1.54) is 4.90 Å². The maximum Gasteiger partial charge on any atom is 0.329 e. The Morgan fingerprint density at radius 1 is 0.833 bits per heavy atom. The molecule has 0 radical (unpaired) electrons. The highest BCUT2D eigenvalue weighted by Gasteiger charge is 2.53. The maximum absolute atomic E-state index is 14.5. The molecule has 5 aliphatic heterocycles. The second kappa shape index (κ2) is 25.4. The summed E-state index contributed by atoms with van der Waals surface area (Å²) < 4.78 is 24.2. The number of benzene rings is 1. The number of hydroxylamine groups is 1. The first-order valence-corrected chi connectivity index (χ1v) is 26.7. The molecule has 6 aliphatic rings. The molecule has 4 bridgehead atoms. The molecule has 7 rings (SSSR count). The Kier molecular flexibility index (Phi) is 20.2. The number of anilines is 1. The molecule has 1 aromatic rings. The van der Waals surface area contributed by atoms with Gasteiger partial charge in [0.2, 0.25) is 5.79 Å². The van der Waals surface area contributed by atoms with E-state index in [4.69, 9.17) is 23.8 Å². The highest BCUT2D eigenvalue weighted by Crippen LogP contribution is 2.39. The van der Waals surface area contributed by atoms with Crippen LogP contribution in [0.5, 0.6) is 0 Å². The predicted octanol–water partition coefficient (Wildman–Crippen LogP) is 7.43. The highest BCUT2D eigenvalue weighted by atomic mass is 16.7. The summed E-state index contributed by atoms with van der Waals surface area (Å²) in [5, 5.41) is 36.2. The summed E-state index contributed by atoms with van der Waals surface area (Å²) in [7, 11) is 3.16. The number of esters is 1. The normalized spacial score (nSPS) is 38.9. The average Bonchev–Trinajstić information content (AvgIpc) is 3.37. The van der Waals surface area contributed by atoms with Crippen LogP contribution in [0.25, 0.3) is 0 Å². The van der Waals surface area contributed by atoms with Crippen LogP contribution in [-0.2, 0) is 47.8 Å². The fourth-order valence-electron chi connectivity index (χ4n) is 11.8. The van der Waals surface area contributed by atoms with E-state index in [1.54, 1.807) is 48.0 Å². The lowest BCUT2D eigenvalue weighted by Crippen LogP contribution is -2.61. The Hall–Kier alpha value is -4.09. The van der Waals surface area contributed by atoms with E-state index >= 15 is 0 Å². The Bertz CT molecular complexity index is 2130. The van der Waals surface area contributed by atoms with Crippen molar-refractivity contribution in [2.75, 3.05) is 25.8 Å². The minimum absolute atomic E-state index is 0.0664. The van der Waals surface area contributed by atoms with Gasteiger partial charge >= 0.3 is 5.97 Å². The maximum atomic E-state index is 14.5. The van der Waals surface area contributed by atoms with Gasteiger partial charge < -0.3 is 39.2 Å². The molecule has 0 spiro atoms. The first kappa shape index (κ1) is 57.2. The third kappa shape index (κ3) is 13.6. The zero-order chi connectivity index (χ0) is 52.6. The van der Waals surface area contributed by atoms with Gasteiger partial charge in [-0.15, -0.1) is 0 Å². The number of para-hydroxylation sites is 1. The van der Waals surface area contributed by atoms with E-state index in [0.29, 0.717) is 56.9 Å². The topological polar surface area (TPSA) is 199 Å². The van der Waals surface area contributed by atoms with Crippen LogP contribution in [0.2, 0.25) is 0 Å². The van der Waals surface area contributed by atoms with Crippen molar-refractivity contribution in [2.24, 2.45) is 41.4 Å². The lowest BCUT2D eigenvalue weighted by molar-refractivity contribution is -0.265. The van der Waals surface area contributed by atoms with E-state index in [0.717, 1.165) is 17.7 Å². The number of amides is 1. The van der Waals surface area contributed by atoms with Crippen LogP contribution >= 0.6 is 0 Å². The molecule has 1 aliphatic carbocycles. The highest BCUT2D eigenvalue weighted by molar-refractivity contribution is 6.39. The van der Waals surface area contributed by atoms with E-state index in [1.807, 2.05) is 68.3 Å². The zero-order valence-electron chi connectivity index (χ0n) is 44.4. The molecular formula is C57H84N2O13. The van der Waals surface area contributed by atoms with Crippen LogP contribution in [0.1, 0.15) is 132 Å². The molecule has 3 fully saturated rings. The smallest absolute Gasteiger partial charge is 0.329 e. The van der Waals surface area contributed by atoms with Gasteiger partial charge in [-0.1, -0.05) is 78.0 Å². The van der Waals surface area contributed by atoms with Crippen molar-refractivity contribution in [1.82, 2.24) is 4.90 Å². The number of piperidine rings is 1. The SMILES string of the molecule is COC1CC2CCC(C)C(O)(O2)C(=O)C(=O)N2CCCCC2C(=O)OC(C(C)CC2CCC(O)C(OC)C2)CC(=O)C(C)/C=C(\C)C(O)C(C)C(=O)C(C)CC(C)C2C=CC(C=C1C)ON2c1ccccc1. The first-order chi connectivity index (χ1) is 34.2. The van der Waals surface area contributed by atoms with Crippen LogP contribution < -0.4 is 5.06 Å². The number of fused-ring (bicyclic) bond motifs is 16. The third-order valence-electron chi connectivity index (χ3n) is 16.6. The number of carbonyl (C=O) groups is 5. The lowest BCUT2D eigenvalue weighted by Gasteiger charge is -2.43. The molecule has 3 N–H and O–H groups in total. The van der Waals surface area contributed by atoms with Gasteiger partial charge in [-0.3, -0.25) is 24.0 Å². The van der Waals surface area contributed by atoms with E-state index in [-0.39, 0.29) is 67.3 Å². The molecule has 17 atom stereocenters. The van der Waals surface area contributed by atoms with Gasteiger partial charge in [0.15, 0.2) is 0 Å². The number of aliphatic hydroxyl groups excluding tert-OH is 2. The Morgan fingerprint density at radius 3 is 2.25 bits per heavy atom. The summed E-state index contributed by atoms with van der Waals surface area (Å²) in [5.74, 6) is -8.65. The van der Waals surface area contributed by atoms with Crippen molar-refractivity contribution >= 4 is 34.9 Å². The summed E-state index contributed by atoms with van der Waals surface area (Å²) in [6.45, 7) is 14.7. The average molecular weight is 1010 g/mol. The monoisotopic (exact) mass is 1000 g/mol. The van der Waals surface area contributed by atoms with Crippen LogP contribution in [0.4, 0.5) is 5.69 Å². The Labute approximate surface area is 427 Å². The van der Waals surface area contributed by atoms with Gasteiger partial charge in [-0.25, -0.2) is 9.86 Å². The number of methoxy groups -OCH3 is 2. The van der Waals surface area contributed by atoms with Gasteiger partial charge in [0.05, 0.1) is 42.2 Å². The fraction of sp³-hybridized carbons (Fsp3) is 0.702. The first-order valence-electron chi connectivity index (χ1n) is 26.7. The van der Waals surface area contributed by atoms with Crippen molar-refractivity contribution < 1.29 is 63.1 Å². The standard InChI is InChI=1S/C57H84N2O13/c1-33-26-37(5)52(62)40(8)53(63)38(6)27-34(2)48(61)32-50(35(3)28-41-20-24-47(60)51(30-41)69-10)70-56(66)46-18-14-15-25-58(46)55(65)54(64)57(67)39(7)19-21-43(71-57)31-49(68-9)36(4)29-44-22-23-45(33)59(72-44)42-16-12-11-13-17-42/h11-13,16-17,22-23,27,29,33-35,37,39-41,43-47,49-51,53,60,63,67H,14-15,18-21,24-26,28,30-32H2,1-10H3/b36-29?,38-27+. The molecule has 15 heteroatoms. The van der Waals surface area contributed by atoms with Gasteiger partial charge in [0.1, 0.15) is 29.8 Å². The number of carbonyl (C=O) groups excluding carboxylic acids is 5.